The van der Waals surface area contributed by atoms with Gasteiger partial charge in [-0.2, -0.15) is 0 Å². The molecule has 0 saturated carbocycles. The van der Waals surface area contributed by atoms with E-state index in [1.165, 1.54) is 0 Å². The van der Waals surface area contributed by atoms with Crippen molar-refractivity contribution in [2.45, 2.75) is 38.3 Å². The molecule has 2 atom stereocenters. The van der Waals surface area contributed by atoms with Gasteiger partial charge >= 0.3 is 5.97 Å². The van der Waals surface area contributed by atoms with Crippen LogP contribution in [-0.2, 0) is 4.79 Å². The number of carboxylic acids is 1. The number of aliphatic hydroxyl groups excluding tert-OH is 1. The van der Waals surface area contributed by atoms with E-state index in [-0.39, 0.29) is 25.1 Å². The largest absolute Gasteiger partial charge is 0.481 e. The van der Waals surface area contributed by atoms with Crippen molar-refractivity contribution in [3.05, 3.63) is 0 Å². The molecule has 0 aromatic heterocycles. The van der Waals surface area contributed by atoms with E-state index < -0.39 is 5.97 Å². The van der Waals surface area contributed by atoms with Crippen LogP contribution in [0.5, 0.6) is 0 Å². The molecule has 2 N–H and O–H groups in total. The van der Waals surface area contributed by atoms with Gasteiger partial charge in [0.2, 0.25) is 0 Å². The molecule has 76 valence electrons. The number of hydrogen-bond acceptors (Lipinski definition) is 3. The molecule has 1 heterocycles. The average Bonchev–Trinajstić information content (AvgIpc) is 2.49. The molecular formula is C9H17NO3. The first-order valence-electron chi connectivity index (χ1n) is 4.73. The first-order valence-corrected chi connectivity index (χ1v) is 4.73. The lowest BCUT2D eigenvalue weighted by molar-refractivity contribution is -0.138. The first kappa shape index (κ1) is 10.5. The summed E-state index contributed by atoms with van der Waals surface area (Å²) in [5.74, 6) is -0.768. The molecule has 0 radical (unpaired) electrons. The number of carbonyl (C=O) groups is 1. The Morgan fingerprint density at radius 1 is 1.69 bits per heavy atom. The number of likely N-dealkylation sites (tertiary alicyclic amines) is 1. The number of carboxylic acid groups (broad SMARTS) is 1. The van der Waals surface area contributed by atoms with Crippen molar-refractivity contribution in [1.82, 2.24) is 4.90 Å². The molecule has 0 amide bonds. The van der Waals surface area contributed by atoms with Crippen LogP contribution in [0.2, 0.25) is 0 Å². The standard InChI is InChI=1S/C9H17NO3/c1-7(5-9(12)13)10-4-2-3-8(10)6-11/h7-8,11H,2-6H2,1H3,(H,12,13)/t7?,8-/m1/s1. The quantitative estimate of drug-likeness (QED) is 0.665. The molecule has 1 aliphatic rings. The number of nitrogens with zero attached hydrogens (tertiary/aromatic N) is 1. The van der Waals surface area contributed by atoms with Gasteiger partial charge in [0.1, 0.15) is 0 Å². The highest BCUT2D eigenvalue weighted by atomic mass is 16.4. The Morgan fingerprint density at radius 3 is 2.92 bits per heavy atom. The van der Waals surface area contributed by atoms with Crippen LogP contribution in [0.1, 0.15) is 26.2 Å². The fourth-order valence-corrected chi connectivity index (χ4v) is 2.00. The summed E-state index contributed by atoms with van der Waals surface area (Å²) in [6.07, 6.45) is 2.21. The Kier molecular flexibility index (Phi) is 3.69. The average molecular weight is 187 g/mol. The van der Waals surface area contributed by atoms with Gasteiger partial charge in [-0.05, 0) is 26.3 Å². The van der Waals surface area contributed by atoms with Crippen LogP contribution >= 0.6 is 0 Å². The predicted octanol–water partition coefficient (Wildman–Crippen LogP) is 0.306. The third-order valence-corrected chi connectivity index (χ3v) is 2.67. The lowest BCUT2D eigenvalue weighted by Crippen LogP contribution is -2.40. The Balaban J connectivity index is 2.44. The fourth-order valence-electron chi connectivity index (χ4n) is 2.00. The van der Waals surface area contributed by atoms with Gasteiger partial charge in [0.15, 0.2) is 0 Å². The Labute approximate surface area is 78.2 Å². The van der Waals surface area contributed by atoms with Gasteiger partial charge < -0.3 is 10.2 Å². The lowest BCUT2D eigenvalue weighted by atomic mass is 10.1. The smallest absolute Gasteiger partial charge is 0.304 e. The van der Waals surface area contributed by atoms with E-state index in [4.69, 9.17) is 10.2 Å². The van der Waals surface area contributed by atoms with Crippen molar-refractivity contribution in [2.24, 2.45) is 0 Å². The van der Waals surface area contributed by atoms with Gasteiger partial charge in [-0.15, -0.1) is 0 Å². The zero-order valence-corrected chi connectivity index (χ0v) is 7.94. The van der Waals surface area contributed by atoms with Crippen molar-refractivity contribution >= 4 is 5.97 Å². The summed E-state index contributed by atoms with van der Waals surface area (Å²) in [5, 5.41) is 17.6. The minimum atomic E-state index is -0.768. The molecule has 0 aromatic carbocycles. The summed E-state index contributed by atoms with van der Waals surface area (Å²) in [6.45, 7) is 2.96. The third-order valence-electron chi connectivity index (χ3n) is 2.67. The minimum absolute atomic E-state index is 0.0390. The summed E-state index contributed by atoms with van der Waals surface area (Å²) >= 11 is 0. The second kappa shape index (κ2) is 4.58. The SMILES string of the molecule is CC(CC(=O)O)N1CCC[C@@H]1CO. The van der Waals surface area contributed by atoms with Gasteiger partial charge in [-0.3, -0.25) is 9.69 Å². The maximum Gasteiger partial charge on any atom is 0.304 e. The second-order valence-electron chi connectivity index (χ2n) is 3.66. The monoisotopic (exact) mass is 187 g/mol. The molecule has 0 aliphatic carbocycles. The van der Waals surface area contributed by atoms with Crippen molar-refractivity contribution in [2.75, 3.05) is 13.2 Å². The van der Waals surface area contributed by atoms with Crippen LogP contribution in [0.25, 0.3) is 0 Å². The van der Waals surface area contributed by atoms with Crippen LogP contribution in [-0.4, -0.2) is 46.3 Å². The van der Waals surface area contributed by atoms with Crippen LogP contribution in [0.15, 0.2) is 0 Å². The van der Waals surface area contributed by atoms with E-state index in [0.29, 0.717) is 0 Å². The van der Waals surface area contributed by atoms with E-state index in [0.717, 1.165) is 19.4 Å². The fraction of sp³-hybridized carbons (Fsp3) is 0.889. The molecule has 1 unspecified atom stereocenters. The molecule has 1 saturated heterocycles. The van der Waals surface area contributed by atoms with E-state index in [1.807, 2.05) is 6.92 Å². The summed E-state index contributed by atoms with van der Waals surface area (Å²) < 4.78 is 0. The molecule has 1 rings (SSSR count). The maximum absolute atomic E-state index is 10.5. The molecule has 4 heteroatoms. The minimum Gasteiger partial charge on any atom is -0.481 e. The highest BCUT2D eigenvalue weighted by Gasteiger charge is 2.28. The van der Waals surface area contributed by atoms with Gasteiger partial charge in [0.05, 0.1) is 13.0 Å². The number of rotatable bonds is 4. The van der Waals surface area contributed by atoms with Gasteiger partial charge in [0, 0.05) is 12.1 Å². The zero-order chi connectivity index (χ0) is 9.84. The van der Waals surface area contributed by atoms with Crippen LogP contribution in [0, 0.1) is 0 Å². The van der Waals surface area contributed by atoms with E-state index >= 15 is 0 Å². The lowest BCUT2D eigenvalue weighted by Gasteiger charge is -2.28. The second-order valence-corrected chi connectivity index (χ2v) is 3.66. The van der Waals surface area contributed by atoms with E-state index in [9.17, 15) is 4.79 Å². The molecule has 0 spiro atoms. The highest BCUT2D eigenvalue weighted by Crippen LogP contribution is 2.20. The summed E-state index contributed by atoms with van der Waals surface area (Å²) in [4.78, 5) is 12.6. The summed E-state index contributed by atoms with van der Waals surface area (Å²) in [6, 6.07) is 0.214. The molecular weight excluding hydrogens is 170 g/mol. The molecule has 13 heavy (non-hydrogen) atoms. The van der Waals surface area contributed by atoms with Crippen molar-refractivity contribution in [1.29, 1.82) is 0 Å². The normalized spacial score (nSPS) is 26.2. The van der Waals surface area contributed by atoms with Crippen LogP contribution in [0.4, 0.5) is 0 Å². The predicted molar refractivity (Wildman–Crippen MR) is 48.5 cm³/mol. The molecule has 0 bridgehead atoms. The van der Waals surface area contributed by atoms with Crippen molar-refractivity contribution in [3.63, 3.8) is 0 Å². The van der Waals surface area contributed by atoms with Gasteiger partial charge in [-0.25, -0.2) is 0 Å². The highest BCUT2D eigenvalue weighted by molar-refractivity contribution is 5.67. The zero-order valence-electron chi connectivity index (χ0n) is 7.94. The first-order chi connectivity index (χ1) is 6.15. The van der Waals surface area contributed by atoms with Gasteiger partial charge in [-0.1, -0.05) is 0 Å². The summed E-state index contributed by atoms with van der Waals surface area (Å²) in [5.41, 5.74) is 0. The Hall–Kier alpha value is -0.610. The summed E-state index contributed by atoms with van der Waals surface area (Å²) in [7, 11) is 0. The van der Waals surface area contributed by atoms with E-state index in [2.05, 4.69) is 4.90 Å². The number of aliphatic hydroxyl groups is 1. The number of aliphatic carboxylic acids is 1. The number of hydrogen-bond donors (Lipinski definition) is 2. The van der Waals surface area contributed by atoms with Gasteiger partial charge in [0.25, 0.3) is 0 Å². The van der Waals surface area contributed by atoms with Crippen molar-refractivity contribution < 1.29 is 15.0 Å². The molecule has 1 aliphatic heterocycles. The third kappa shape index (κ3) is 2.67. The maximum atomic E-state index is 10.5. The van der Waals surface area contributed by atoms with Crippen LogP contribution in [0.3, 0.4) is 0 Å². The Morgan fingerprint density at radius 2 is 2.38 bits per heavy atom. The Bertz CT molecular complexity index is 184. The molecule has 0 aromatic rings. The topological polar surface area (TPSA) is 60.8 Å². The van der Waals surface area contributed by atoms with Crippen molar-refractivity contribution in [3.8, 4) is 0 Å². The van der Waals surface area contributed by atoms with Crippen LogP contribution < -0.4 is 0 Å². The van der Waals surface area contributed by atoms with E-state index in [1.54, 1.807) is 0 Å². The molecule has 1 fully saturated rings. The molecule has 4 nitrogen and oxygen atoms in total.